The van der Waals surface area contributed by atoms with E-state index in [0.717, 1.165) is 19.4 Å². The van der Waals surface area contributed by atoms with Gasteiger partial charge in [-0.3, -0.25) is 4.98 Å². The summed E-state index contributed by atoms with van der Waals surface area (Å²) in [5, 5.41) is 13.1. The van der Waals surface area contributed by atoms with Crippen LogP contribution in [0.25, 0.3) is 0 Å². The van der Waals surface area contributed by atoms with Crippen molar-refractivity contribution < 1.29 is 5.11 Å². The molecule has 0 unspecified atom stereocenters. The van der Waals surface area contributed by atoms with Gasteiger partial charge in [0.15, 0.2) is 0 Å². The van der Waals surface area contributed by atoms with E-state index in [9.17, 15) is 5.11 Å². The minimum Gasteiger partial charge on any atom is -0.394 e. The highest BCUT2D eigenvalue weighted by Crippen LogP contribution is 2.28. The van der Waals surface area contributed by atoms with Crippen molar-refractivity contribution >= 4 is 0 Å². The number of aryl methyl sites for hydroxylation is 1. The second kappa shape index (κ2) is 5.61. The minimum absolute atomic E-state index is 0.0536. The number of aromatic nitrogens is 1. The second-order valence-corrected chi connectivity index (χ2v) is 5.22. The molecule has 3 nitrogen and oxygen atoms in total. The van der Waals surface area contributed by atoms with E-state index in [1.807, 2.05) is 12.4 Å². The van der Waals surface area contributed by atoms with Gasteiger partial charge in [0.25, 0.3) is 0 Å². The third-order valence-electron chi connectivity index (χ3n) is 3.71. The first kappa shape index (κ1) is 12.5. The van der Waals surface area contributed by atoms with E-state index in [2.05, 4.69) is 23.3 Å². The first-order valence-corrected chi connectivity index (χ1v) is 6.51. The van der Waals surface area contributed by atoms with E-state index in [1.54, 1.807) is 0 Å². The van der Waals surface area contributed by atoms with E-state index < -0.39 is 0 Å². The van der Waals surface area contributed by atoms with Gasteiger partial charge in [0.2, 0.25) is 0 Å². The molecule has 0 aliphatic heterocycles. The lowest BCUT2D eigenvalue weighted by molar-refractivity contribution is 0.119. The van der Waals surface area contributed by atoms with Crippen molar-refractivity contribution in [2.24, 2.45) is 0 Å². The molecular weight excluding hydrogens is 212 g/mol. The molecular formula is C14H22N2O. The van der Waals surface area contributed by atoms with E-state index in [4.69, 9.17) is 0 Å². The molecule has 2 rings (SSSR count). The molecule has 0 atom stereocenters. The molecule has 1 heterocycles. The summed E-state index contributed by atoms with van der Waals surface area (Å²) in [5.41, 5.74) is 2.33. The molecule has 1 fully saturated rings. The molecule has 0 radical (unpaired) electrons. The molecule has 0 spiro atoms. The molecule has 0 amide bonds. The molecule has 0 saturated heterocycles. The Bertz CT molecular complexity index is 359. The van der Waals surface area contributed by atoms with Gasteiger partial charge in [0, 0.05) is 24.5 Å². The van der Waals surface area contributed by atoms with Crippen LogP contribution in [0.15, 0.2) is 18.5 Å². The number of aliphatic hydroxyl groups excluding tert-OH is 1. The Morgan fingerprint density at radius 3 is 2.71 bits per heavy atom. The molecule has 1 saturated carbocycles. The fraction of sp³-hybridized carbons (Fsp3) is 0.643. The summed E-state index contributed by atoms with van der Waals surface area (Å²) in [6, 6.07) is 2.15. The van der Waals surface area contributed by atoms with Crippen LogP contribution in [0.3, 0.4) is 0 Å². The lowest BCUT2D eigenvalue weighted by Crippen LogP contribution is -2.49. The summed E-state index contributed by atoms with van der Waals surface area (Å²) in [4.78, 5) is 4.19. The lowest BCUT2D eigenvalue weighted by atomic mass is 9.82. The average molecular weight is 234 g/mol. The molecule has 1 aromatic rings. The normalized spacial score (nSPS) is 19.2. The van der Waals surface area contributed by atoms with Gasteiger partial charge in [-0.2, -0.15) is 0 Å². The average Bonchev–Trinajstić information content (AvgIpc) is 2.38. The zero-order valence-corrected chi connectivity index (χ0v) is 10.6. The van der Waals surface area contributed by atoms with E-state index in [0.29, 0.717) is 0 Å². The molecule has 94 valence electrons. The third-order valence-corrected chi connectivity index (χ3v) is 3.71. The number of nitrogens with zero attached hydrogens (tertiary/aromatic N) is 1. The Morgan fingerprint density at radius 2 is 2.06 bits per heavy atom. The summed E-state index contributed by atoms with van der Waals surface area (Å²) < 4.78 is 0. The van der Waals surface area contributed by atoms with Crippen LogP contribution in [0, 0.1) is 6.92 Å². The van der Waals surface area contributed by atoms with Crippen molar-refractivity contribution in [2.75, 3.05) is 6.61 Å². The molecule has 17 heavy (non-hydrogen) atoms. The van der Waals surface area contributed by atoms with Crippen LogP contribution in [0.1, 0.15) is 43.2 Å². The smallest absolute Gasteiger partial charge is 0.0613 e. The van der Waals surface area contributed by atoms with Crippen molar-refractivity contribution in [1.29, 1.82) is 0 Å². The third kappa shape index (κ3) is 3.27. The lowest BCUT2D eigenvalue weighted by Gasteiger charge is -2.36. The maximum Gasteiger partial charge on any atom is 0.0613 e. The Balaban J connectivity index is 1.95. The SMILES string of the molecule is Cc1cncc(CNC2(CO)CCCCC2)c1. The fourth-order valence-electron chi connectivity index (χ4n) is 2.62. The van der Waals surface area contributed by atoms with Crippen LogP contribution in [0.5, 0.6) is 0 Å². The van der Waals surface area contributed by atoms with E-state index >= 15 is 0 Å². The van der Waals surface area contributed by atoms with Gasteiger partial charge in [-0.15, -0.1) is 0 Å². The molecule has 1 aliphatic rings. The van der Waals surface area contributed by atoms with Crippen molar-refractivity contribution in [3.05, 3.63) is 29.6 Å². The predicted octanol–water partition coefficient (Wildman–Crippen LogP) is 2.17. The summed E-state index contributed by atoms with van der Waals surface area (Å²) in [5.74, 6) is 0. The molecule has 3 heteroatoms. The summed E-state index contributed by atoms with van der Waals surface area (Å²) in [6.07, 6.45) is 9.68. The number of rotatable bonds is 4. The van der Waals surface area contributed by atoms with Gasteiger partial charge >= 0.3 is 0 Å². The highest BCUT2D eigenvalue weighted by Gasteiger charge is 2.30. The number of hydrogen-bond donors (Lipinski definition) is 2. The summed E-state index contributed by atoms with van der Waals surface area (Å²) >= 11 is 0. The molecule has 2 N–H and O–H groups in total. The fourth-order valence-corrected chi connectivity index (χ4v) is 2.62. The van der Waals surface area contributed by atoms with Gasteiger partial charge in [-0.25, -0.2) is 0 Å². The highest BCUT2D eigenvalue weighted by molar-refractivity contribution is 5.16. The maximum atomic E-state index is 9.60. The van der Waals surface area contributed by atoms with Crippen LogP contribution >= 0.6 is 0 Å². The Labute approximate surface area is 103 Å². The summed E-state index contributed by atoms with van der Waals surface area (Å²) in [7, 11) is 0. The van der Waals surface area contributed by atoms with Crippen molar-refractivity contribution in [3.63, 3.8) is 0 Å². The second-order valence-electron chi connectivity index (χ2n) is 5.22. The standard InChI is InChI=1S/C14H22N2O/c1-12-7-13(9-15-8-12)10-16-14(11-17)5-3-2-4-6-14/h7-9,16-17H,2-6,10-11H2,1H3. The van der Waals surface area contributed by atoms with E-state index in [-0.39, 0.29) is 12.1 Å². The van der Waals surface area contributed by atoms with Gasteiger partial charge in [0.05, 0.1) is 6.61 Å². The van der Waals surface area contributed by atoms with Crippen molar-refractivity contribution in [1.82, 2.24) is 10.3 Å². The Kier molecular flexibility index (Phi) is 4.13. The number of nitrogens with one attached hydrogen (secondary N) is 1. The topological polar surface area (TPSA) is 45.2 Å². The number of hydrogen-bond acceptors (Lipinski definition) is 3. The number of pyridine rings is 1. The molecule has 1 aromatic heterocycles. The van der Waals surface area contributed by atoms with Gasteiger partial charge in [-0.1, -0.05) is 25.3 Å². The zero-order valence-electron chi connectivity index (χ0n) is 10.6. The largest absolute Gasteiger partial charge is 0.394 e. The first-order valence-electron chi connectivity index (χ1n) is 6.51. The monoisotopic (exact) mass is 234 g/mol. The minimum atomic E-state index is -0.0536. The van der Waals surface area contributed by atoms with Crippen LogP contribution in [-0.2, 0) is 6.54 Å². The molecule has 0 aromatic carbocycles. The molecule has 1 aliphatic carbocycles. The van der Waals surface area contributed by atoms with Gasteiger partial charge in [-0.05, 0) is 30.9 Å². The van der Waals surface area contributed by atoms with Crippen LogP contribution in [0.2, 0.25) is 0 Å². The highest BCUT2D eigenvalue weighted by atomic mass is 16.3. The molecule has 0 bridgehead atoms. The summed E-state index contributed by atoms with van der Waals surface area (Å²) in [6.45, 7) is 3.10. The number of aliphatic hydroxyl groups is 1. The maximum absolute atomic E-state index is 9.60. The predicted molar refractivity (Wildman–Crippen MR) is 68.7 cm³/mol. The van der Waals surface area contributed by atoms with Crippen LogP contribution < -0.4 is 5.32 Å². The Hall–Kier alpha value is -0.930. The van der Waals surface area contributed by atoms with E-state index in [1.165, 1.54) is 30.4 Å². The van der Waals surface area contributed by atoms with Crippen LogP contribution in [0.4, 0.5) is 0 Å². The zero-order chi connectivity index (χ0) is 12.1. The first-order chi connectivity index (χ1) is 8.24. The van der Waals surface area contributed by atoms with Gasteiger partial charge < -0.3 is 10.4 Å². The van der Waals surface area contributed by atoms with Gasteiger partial charge in [0.1, 0.15) is 0 Å². The van der Waals surface area contributed by atoms with Crippen molar-refractivity contribution in [3.8, 4) is 0 Å². The van der Waals surface area contributed by atoms with Crippen molar-refractivity contribution in [2.45, 2.75) is 51.1 Å². The Morgan fingerprint density at radius 1 is 1.29 bits per heavy atom. The van der Waals surface area contributed by atoms with Crippen LogP contribution in [-0.4, -0.2) is 22.2 Å². The quantitative estimate of drug-likeness (QED) is 0.839.